The fourth-order valence-corrected chi connectivity index (χ4v) is 2.53. The third-order valence-electron chi connectivity index (χ3n) is 2.51. The zero-order valence-corrected chi connectivity index (χ0v) is 13.5. The summed E-state index contributed by atoms with van der Waals surface area (Å²) in [6.07, 6.45) is 1.52. The lowest BCUT2D eigenvalue weighted by molar-refractivity contribution is 0.704. The molecule has 0 aromatic heterocycles. The van der Waals surface area contributed by atoms with Crippen LogP contribution in [0.25, 0.3) is 0 Å². The van der Waals surface area contributed by atoms with Crippen molar-refractivity contribution in [1.29, 1.82) is 0 Å². The molecule has 3 aliphatic rings. The van der Waals surface area contributed by atoms with E-state index in [0.717, 1.165) is 0 Å². The maximum atomic E-state index is 6.13. The van der Waals surface area contributed by atoms with Gasteiger partial charge in [-0.3, -0.25) is 0 Å². The van der Waals surface area contributed by atoms with Gasteiger partial charge in [0, 0.05) is 0 Å². The zero-order valence-electron chi connectivity index (χ0n) is 9.70. The first-order valence-electron chi connectivity index (χ1n) is 5.23. The molecule has 20 heavy (non-hydrogen) atoms. The van der Waals surface area contributed by atoms with Crippen molar-refractivity contribution < 1.29 is 0 Å². The quantitative estimate of drug-likeness (QED) is 0.598. The van der Waals surface area contributed by atoms with E-state index in [1.165, 1.54) is 11.0 Å². The predicted octanol–water partition coefficient (Wildman–Crippen LogP) is 3.80. The van der Waals surface area contributed by atoms with Crippen LogP contribution in [-0.4, -0.2) is 32.2 Å². The second kappa shape index (κ2) is 4.71. The van der Waals surface area contributed by atoms with Crippen molar-refractivity contribution in [2.24, 2.45) is 20.0 Å². The van der Waals surface area contributed by atoms with Crippen LogP contribution >= 0.6 is 58.0 Å². The van der Waals surface area contributed by atoms with Crippen molar-refractivity contribution in [3.8, 4) is 0 Å². The molecule has 0 N–H and O–H groups in total. The summed E-state index contributed by atoms with van der Waals surface area (Å²) in [6, 6.07) is 0. The summed E-state index contributed by atoms with van der Waals surface area (Å²) >= 11 is 29.7. The van der Waals surface area contributed by atoms with Gasteiger partial charge >= 0.3 is 0 Å². The summed E-state index contributed by atoms with van der Waals surface area (Å²) in [6.45, 7) is 1.71. The van der Waals surface area contributed by atoms with E-state index in [1.807, 2.05) is 0 Å². The van der Waals surface area contributed by atoms with Crippen LogP contribution in [-0.2, 0) is 0 Å². The lowest BCUT2D eigenvalue weighted by atomic mass is 10.2. The minimum absolute atomic E-state index is 0.0221. The summed E-state index contributed by atoms with van der Waals surface area (Å²) in [5.74, 6) is 1.46. The highest BCUT2D eigenvalue weighted by atomic mass is 35.6. The van der Waals surface area contributed by atoms with Crippen LogP contribution in [0.5, 0.6) is 0 Å². The molecule has 0 spiro atoms. The SMILES string of the molecule is CC1=NC2=C(Cl)C=C(Cl)C3=NC(C(Cl)(Cl)Cl)=NC(=N1)N32. The molecule has 0 aromatic rings. The summed E-state index contributed by atoms with van der Waals surface area (Å²) < 4.78 is -1.79. The van der Waals surface area contributed by atoms with Crippen LogP contribution < -0.4 is 0 Å². The van der Waals surface area contributed by atoms with Crippen LogP contribution in [0.15, 0.2) is 41.9 Å². The van der Waals surface area contributed by atoms with Gasteiger partial charge in [0.15, 0.2) is 17.5 Å². The highest BCUT2D eigenvalue weighted by Crippen LogP contribution is 2.36. The number of allylic oxidation sites excluding steroid dienone is 2. The molecule has 0 fully saturated rings. The van der Waals surface area contributed by atoms with Gasteiger partial charge in [-0.25, -0.2) is 14.9 Å². The maximum absolute atomic E-state index is 6.13. The third-order valence-corrected chi connectivity index (χ3v) is 3.57. The first kappa shape index (κ1) is 14.4. The highest BCUT2D eigenvalue weighted by molar-refractivity contribution is 6.77. The standard InChI is InChI=1S/C10H4Cl5N5/c1-3-16-6-4(11)2-5(12)7-18-8(10(13,14)15)19-9(17-3)20(6)7/h2H,1H3. The van der Waals surface area contributed by atoms with E-state index in [9.17, 15) is 0 Å². The number of aliphatic imine (C=N–C) groups is 4. The smallest absolute Gasteiger partial charge is 0.243 e. The Kier molecular flexibility index (Phi) is 3.38. The van der Waals surface area contributed by atoms with Gasteiger partial charge in [0.25, 0.3) is 0 Å². The van der Waals surface area contributed by atoms with Crippen molar-refractivity contribution >= 4 is 81.5 Å². The van der Waals surface area contributed by atoms with E-state index in [4.69, 9.17) is 58.0 Å². The average Bonchev–Trinajstić information content (AvgIpc) is 2.33. The molecule has 3 heterocycles. The first-order chi connectivity index (χ1) is 9.27. The summed E-state index contributed by atoms with van der Waals surface area (Å²) in [5, 5.41) is 0.635. The van der Waals surface area contributed by atoms with Crippen LogP contribution in [0.3, 0.4) is 0 Å². The minimum Gasteiger partial charge on any atom is -0.243 e. The van der Waals surface area contributed by atoms with E-state index in [2.05, 4.69) is 20.0 Å². The molecule has 0 atom stereocenters. The van der Waals surface area contributed by atoms with Gasteiger partial charge in [-0.1, -0.05) is 58.0 Å². The predicted molar refractivity (Wildman–Crippen MR) is 84.4 cm³/mol. The average molecular weight is 371 g/mol. The zero-order chi connectivity index (χ0) is 14.7. The van der Waals surface area contributed by atoms with E-state index >= 15 is 0 Å². The molecule has 3 rings (SSSR count). The number of amidine groups is 3. The van der Waals surface area contributed by atoms with Crippen LogP contribution in [0.2, 0.25) is 0 Å². The summed E-state index contributed by atoms with van der Waals surface area (Å²) in [7, 11) is 0. The Morgan fingerprint density at radius 1 is 1.05 bits per heavy atom. The number of hydrogen-bond acceptors (Lipinski definition) is 5. The van der Waals surface area contributed by atoms with Crippen molar-refractivity contribution in [3.05, 3.63) is 22.0 Å². The van der Waals surface area contributed by atoms with Gasteiger partial charge in [0.2, 0.25) is 9.75 Å². The van der Waals surface area contributed by atoms with Crippen molar-refractivity contribution in [2.75, 3.05) is 0 Å². The summed E-state index contributed by atoms with van der Waals surface area (Å²) in [5.41, 5.74) is 0. The molecule has 0 aliphatic carbocycles. The number of rotatable bonds is 0. The Hall–Kier alpha value is -0.590. The van der Waals surface area contributed by atoms with E-state index in [1.54, 1.807) is 6.92 Å². The molecule has 0 unspecified atom stereocenters. The second-order valence-electron chi connectivity index (χ2n) is 3.94. The number of alkyl halides is 3. The van der Waals surface area contributed by atoms with Gasteiger partial charge in [-0.2, -0.15) is 9.98 Å². The Balaban J connectivity index is 2.25. The minimum atomic E-state index is -1.79. The lowest BCUT2D eigenvalue weighted by Gasteiger charge is -2.33. The fraction of sp³-hybridized carbons (Fsp3) is 0.200. The molecule has 0 aromatic carbocycles. The molecule has 0 amide bonds. The molecule has 0 saturated heterocycles. The van der Waals surface area contributed by atoms with E-state index in [-0.39, 0.29) is 16.8 Å². The molecular weight excluding hydrogens is 367 g/mol. The van der Waals surface area contributed by atoms with Gasteiger partial charge in [-0.05, 0) is 13.0 Å². The van der Waals surface area contributed by atoms with E-state index in [0.29, 0.717) is 22.5 Å². The highest BCUT2D eigenvalue weighted by Gasteiger charge is 2.39. The first-order valence-corrected chi connectivity index (χ1v) is 7.12. The molecule has 10 heteroatoms. The Morgan fingerprint density at radius 2 is 1.75 bits per heavy atom. The van der Waals surface area contributed by atoms with Gasteiger partial charge in [-0.15, -0.1) is 0 Å². The van der Waals surface area contributed by atoms with Crippen LogP contribution in [0.4, 0.5) is 0 Å². The monoisotopic (exact) mass is 369 g/mol. The number of hydrogen-bond donors (Lipinski definition) is 0. The van der Waals surface area contributed by atoms with Crippen LogP contribution in [0.1, 0.15) is 6.92 Å². The Labute approximate surface area is 138 Å². The maximum Gasteiger partial charge on any atom is 0.250 e. The summed E-state index contributed by atoms with van der Waals surface area (Å²) in [4.78, 5) is 18.2. The fourth-order valence-electron chi connectivity index (χ4n) is 1.75. The lowest BCUT2D eigenvalue weighted by Crippen LogP contribution is -2.44. The molecule has 0 bridgehead atoms. The Bertz CT molecular complexity index is 691. The third kappa shape index (κ3) is 2.27. The molecule has 3 aliphatic heterocycles. The van der Waals surface area contributed by atoms with Crippen molar-refractivity contribution in [1.82, 2.24) is 4.90 Å². The number of halogens is 5. The number of guanidine groups is 1. The topological polar surface area (TPSA) is 52.7 Å². The number of nitrogens with zero attached hydrogens (tertiary/aromatic N) is 5. The van der Waals surface area contributed by atoms with Gasteiger partial charge < -0.3 is 0 Å². The van der Waals surface area contributed by atoms with E-state index < -0.39 is 3.79 Å². The Morgan fingerprint density at radius 3 is 2.40 bits per heavy atom. The molecular formula is C10H4Cl5N5. The molecule has 104 valence electrons. The molecule has 0 radical (unpaired) electrons. The second-order valence-corrected chi connectivity index (χ2v) is 7.03. The largest absolute Gasteiger partial charge is 0.250 e. The van der Waals surface area contributed by atoms with Gasteiger partial charge in [0.05, 0.1) is 10.1 Å². The molecule has 0 saturated carbocycles. The van der Waals surface area contributed by atoms with Crippen molar-refractivity contribution in [3.63, 3.8) is 0 Å². The van der Waals surface area contributed by atoms with Gasteiger partial charge in [0.1, 0.15) is 5.84 Å². The van der Waals surface area contributed by atoms with Crippen molar-refractivity contribution in [2.45, 2.75) is 10.7 Å². The normalized spacial score (nSPS) is 21.7. The van der Waals surface area contributed by atoms with Crippen LogP contribution in [0, 0.1) is 0 Å². The molecule has 5 nitrogen and oxygen atoms in total.